The number of alkyl halides is 2. The number of benzene rings is 2. The van der Waals surface area contributed by atoms with Gasteiger partial charge in [-0.25, -0.2) is 0 Å². The molecule has 0 aromatic heterocycles. The van der Waals surface area contributed by atoms with Crippen LogP contribution in [0.15, 0.2) is 54.6 Å². The van der Waals surface area contributed by atoms with Crippen molar-refractivity contribution in [1.29, 1.82) is 0 Å². The van der Waals surface area contributed by atoms with Crippen molar-refractivity contribution in [2.75, 3.05) is 11.9 Å². The van der Waals surface area contributed by atoms with E-state index in [-0.39, 0.29) is 11.5 Å². The first-order valence-corrected chi connectivity index (χ1v) is 10.0. The maximum absolute atomic E-state index is 13.3. The molecule has 0 aliphatic carbocycles. The first-order valence-electron chi connectivity index (χ1n) is 9.44. The highest BCUT2D eigenvalue weighted by molar-refractivity contribution is 7.17. The van der Waals surface area contributed by atoms with Crippen LogP contribution in [-0.2, 0) is 17.0 Å². The van der Waals surface area contributed by atoms with E-state index in [2.05, 4.69) is 17.6 Å². The van der Waals surface area contributed by atoms with Crippen molar-refractivity contribution in [3.8, 4) is 0 Å². The van der Waals surface area contributed by atoms with Gasteiger partial charge in [-0.05, 0) is 48.4 Å². The lowest BCUT2D eigenvalue weighted by Gasteiger charge is -2.10. The predicted molar refractivity (Wildman–Crippen MR) is 115 cm³/mol. The molecule has 1 atom stereocenters. The molecule has 2 aromatic rings. The van der Waals surface area contributed by atoms with Gasteiger partial charge in [0.1, 0.15) is 0 Å². The quantitative estimate of drug-likeness (QED) is 0.310. The minimum Gasteiger partial charge on any atom is -0.323 e. The molecule has 0 saturated heterocycles. The molecule has 2 N–H and O–H groups in total. The van der Waals surface area contributed by atoms with Crippen molar-refractivity contribution in [3.63, 3.8) is 0 Å². The number of hydrogen-bond acceptors (Lipinski definition) is 2. The van der Waals surface area contributed by atoms with Gasteiger partial charge in [0, 0.05) is 23.9 Å². The molecule has 6 heteroatoms. The van der Waals surface area contributed by atoms with E-state index in [0.29, 0.717) is 11.3 Å². The van der Waals surface area contributed by atoms with Crippen LogP contribution in [0.25, 0.3) is 6.08 Å². The van der Waals surface area contributed by atoms with Crippen LogP contribution in [0.1, 0.15) is 42.9 Å². The minimum atomic E-state index is -2.99. The Balaban J connectivity index is 1.85. The van der Waals surface area contributed by atoms with Crippen molar-refractivity contribution >= 4 is 26.9 Å². The second kappa shape index (κ2) is 11.0. The van der Waals surface area contributed by atoms with E-state index in [1.807, 2.05) is 24.3 Å². The average Bonchev–Trinajstić information content (AvgIpc) is 2.67. The molecular formula is C22H27F2N2OP. The molecule has 0 saturated carbocycles. The fourth-order valence-electron chi connectivity index (χ4n) is 2.64. The summed E-state index contributed by atoms with van der Waals surface area (Å²) in [4.78, 5) is 12.1. The number of unbranched alkanes of at least 4 members (excludes halogenated alkanes) is 2. The molecule has 3 nitrogen and oxygen atoms in total. The summed E-state index contributed by atoms with van der Waals surface area (Å²) >= 11 is 0. The van der Waals surface area contributed by atoms with E-state index in [0.717, 1.165) is 18.7 Å². The zero-order valence-electron chi connectivity index (χ0n) is 16.1. The molecular weight excluding hydrogens is 377 g/mol. The monoisotopic (exact) mass is 404 g/mol. The zero-order valence-corrected chi connectivity index (χ0v) is 17.2. The minimum absolute atomic E-state index is 0.112. The van der Waals surface area contributed by atoms with E-state index in [4.69, 9.17) is 0 Å². The number of amides is 1. The first kappa shape index (κ1) is 22.2. The van der Waals surface area contributed by atoms with E-state index in [1.54, 1.807) is 12.1 Å². The second-order valence-electron chi connectivity index (χ2n) is 6.65. The van der Waals surface area contributed by atoms with Gasteiger partial charge in [0.2, 0.25) is 5.91 Å². The summed E-state index contributed by atoms with van der Waals surface area (Å²) in [5.74, 6) is -0.312. The molecule has 0 radical (unpaired) electrons. The number of nitrogens with one attached hydrogen (secondary N) is 2. The van der Waals surface area contributed by atoms with Crippen LogP contribution >= 0.6 is 9.24 Å². The lowest BCUT2D eigenvalue weighted by molar-refractivity contribution is -0.111. The Morgan fingerprint density at radius 3 is 2.57 bits per heavy atom. The standard InChI is InChI=1S/C22H27F2N2OP/c1-2-3-4-14-25-16-18-8-11-20(12-9-18)26-21(27)13-10-17-6-5-7-19(15-17)22(23,24)28/h5-13,15,25H,2-4,14,16,28H2,1H3,(H,26,27)/b13-10+. The van der Waals surface area contributed by atoms with Crippen molar-refractivity contribution < 1.29 is 13.6 Å². The molecule has 0 heterocycles. The van der Waals surface area contributed by atoms with Gasteiger partial charge in [-0.1, -0.05) is 59.3 Å². The first-order chi connectivity index (χ1) is 13.4. The maximum Gasteiger partial charge on any atom is 0.283 e. The second-order valence-corrected chi connectivity index (χ2v) is 7.38. The van der Waals surface area contributed by atoms with Gasteiger partial charge in [0.25, 0.3) is 5.66 Å². The summed E-state index contributed by atoms with van der Waals surface area (Å²) in [5.41, 5.74) is -0.716. The van der Waals surface area contributed by atoms with Gasteiger partial charge in [-0.3, -0.25) is 4.79 Å². The fraction of sp³-hybridized carbons (Fsp3) is 0.318. The van der Waals surface area contributed by atoms with Crippen LogP contribution in [0.4, 0.5) is 14.5 Å². The van der Waals surface area contributed by atoms with Crippen LogP contribution in [0.5, 0.6) is 0 Å². The molecule has 2 aromatic carbocycles. The Hall–Kier alpha value is -2.10. The van der Waals surface area contributed by atoms with E-state index < -0.39 is 5.66 Å². The average molecular weight is 404 g/mol. The molecule has 1 unspecified atom stereocenters. The molecule has 0 aliphatic heterocycles. The molecule has 0 spiro atoms. The van der Waals surface area contributed by atoms with Crippen molar-refractivity contribution in [2.24, 2.45) is 0 Å². The Morgan fingerprint density at radius 2 is 1.89 bits per heavy atom. The third-order valence-corrected chi connectivity index (χ3v) is 4.54. The summed E-state index contributed by atoms with van der Waals surface area (Å²) in [6.07, 6.45) is 6.47. The highest BCUT2D eigenvalue weighted by Gasteiger charge is 2.23. The van der Waals surface area contributed by atoms with E-state index >= 15 is 0 Å². The summed E-state index contributed by atoms with van der Waals surface area (Å²) in [6, 6.07) is 13.6. The zero-order chi connectivity index (χ0) is 20.4. The molecule has 2 rings (SSSR count). The van der Waals surface area contributed by atoms with Gasteiger partial charge >= 0.3 is 0 Å². The van der Waals surface area contributed by atoms with Crippen LogP contribution in [-0.4, -0.2) is 12.5 Å². The number of carbonyl (C=O) groups is 1. The lowest BCUT2D eigenvalue weighted by Crippen LogP contribution is -2.14. The van der Waals surface area contributed by atoms with Gasteiger partial charge in [-0.2, -0.15) is 8.78 Å². The third kappa shape index (κ3) is 7.87. The van der Waals surface area contributed by atoms with Gasteiger partial charge in [-0.15, -0.1) is 0 Å². The van der Waals surface area contributed by atoms with Crippen LogP contribution in [0.3, 0.4) is 0 Å². The molecule has 0 aliphatic rings. The molecule has 28 heavy (non-hydrogen) atoms. The van der Waals surface area contributed by atoms with E-state index in [1.165, 1.54) is 52.8 Å². The fourth-order valence-corrected chi connectivity index (χ4v) is 2.82. The van der Waals surface area contributed by atoms with Crippen molar-refractivity contribution in [1.82, 2.24) is 5.32 Å². The summed E-state index contributed by atoms with van der Waals surface area (Å²) < 4.78 is 26.7. The predicted octanol–water partition coefficient (Wildman–Crippen LogP) is 5.54. The topological polar surface area (TPSA) is 41.1 Å². The molecule has 150 valence electrons. The van der Waals surface area contributed by atoms with E-state index in [9.17, 15) is 13.6 Å². The number of halogens is 2. The Kier molecular flexibility index (Phi) is 8.75. The Labute approximate surface area is 167 Å². The lowest BCUT2D eigenvalue weighted by atomic mass is 10.1. The van der Waals surface area contributed by atoms with Crippen LogP contribution < -0.4 is 10.6 Å². The highest BCUT2D eigenvalue weighted by atomic mass is 31.0. The summed E-state index contributed by atoms with van der Waals surface area (Å²) in [5, 5.41) is 6.17. The van der Waals surface area contributed by atoms with Crippen LogP contribution in [0, 0.1) is 0 Å². The maximum atomic E-state index is 13.3. The molecule has 0 bridgehead atoms. The number of hydrogen-bond donors (Lipinski definition) is 2. The Morgan fingerprint density at radius 1 is 1.14 bits per heavy atom. The summed E-state index contributed by atoms with van der Waals surface area (Å²) in [6.45, 7) is 3.98. The Bertz CT molecular complexity index is 786. The number of anilines is 1. The number of rotatable bonds is 10. The van der Waals surface area contributed by atoms with Crippen molar-refractivity contribution in [3.05, 3.63) is 71.3 Å². The van der Waals surface area contributed by atoms with Crippen LogP contribution in [0.2, 0.25) is 0 Å². The summed E-state index contributed by atoms with van der Waals surface area (Å²) in [7, 11) is 1.51. The van der Waals surface area contributed by atoms with Gasteiger partial charge < -0.3 is 10.6 Å². The normalized spacial score (nSPS) is 11.7. The van der Waals surface area contributed by atoms with Gasteiger partial charge in [0.05, 0.1) is 0 Å². The highest BCUT2D eigenvalue weighted by Crippen LogP contribution is 2.35. The number of carbonyl (C=O) groups excluding carboxylic acids is 1. The SMILES string of the molecule is CCCCCNCc1ccc(NC(=O)/C=C/c2cccc(C(F)(F)P)c2)cc1. The molecule has 0 fully saturated rings. The van der Waals surface area contributed by atoms with Gasteiger partial charge in [0.15, 0.2) is 0 Å². The van der Waals surface area contributed by atoms with Crippen molar-refractivity contribution in [2.45, 2.75) is 38.4 Å². The molecule has 1 amide bonds. The smallest absolute Gasteiger partial charge is 0.283 e. The third-order valence-electron chi connectivity index (χ3n) is 4.21. The largest absolute Gasteiger partial charge is 0.323 e.